The third kappa shape index (κ3) is 1.90. The number of nitrogen functional groups attached to an aromatic ring is 1. The van der Waals surface area contributed by atoms with Gasteiger partial charge in [-0.3, -0.25) is 14.3 Å². The molecule has 0 saturated carbocycles. The molecule has 2 aromatic heterocycles. The van der Waals surface area contributed by atoms with Gasteiger partial charge in [0.2, 0.25) is 5.95 Å². The zero-order chi connectivity index (χ0) is 15.4. The summed E-state index contributed by atoms with van der Waals surface area (Å²) in [5, 5.41) is 28.4. The van der Waals surface area contributed by atoms with Crippen molar-refractivity contribution >= 4 is 17.1 Å². The van der Waals surface area contributed by atoms with Gasteiger partial charge < -0.3 is 25.8 Å². The van der Waals surface area contributed by atoms with Crippen molar-refractivity contribution in [1.82, 2.24) is 19.5 Å². The lowest BCUT2D eigenvalue weighted by Gasteiger charge is -2.19. The van der Waals surface area contributed by atoms with E-state index in [1.54, 1.807) is 0 Å². The first-order valence-corrected chi connectivity index (χ1v) is 5.93. The van der Waals surface area contributed by atoms with Crippen LogP contribution in [0.1, 0.15) is 6.23 Å². The highest BCUT2D eigenvalue weighted by Crippen LogP contribution is 2.38. The van der Waals surface area contributed by atoms with E-state index in [9.17, 15) is 19.4 Å². The molecule has 4 atom stereocenters. The molecule has 1 saturated heterocycles. The van der Waals surface area contributed by atoms with E-state index < -0.39 is 36.5 Å². The molecule has 114 valence electrons. The van der Waals surface area contributed by atoms with Gasteiger partial charge in [0.05, 0.1) is 6.33 Å². The molecule has 6 N–H and O–H groups in total. The van der Waals surface area contributed by atoms with E-state index in [1.807, 2.05) is 0 Å². The monoisotopic (exact) mass is 301 g/mol. The maximum absolute atomic E-state index is 14.1. The van der Waals surface area contributed by atoms with Crippen LogP contribution in [0.2, 0.25) is 0 Å². The highest BCUT2D eigenvalue weighted by molar-refractivity contribution is 5.70. The van der Waals surface area contributed by atoms with Crippen molar-refractivity contribution in [2.24, 2.45) is 0 Å². The lowest BCUT2D eigenvalue weighted by Crippen LogP contribution is -2.42. The first kappa shape index (κ1) is 13.9. The second-order valence-electron chi connectivity index (χ2n) is 4.66. The Morgan fingerprint density at radius 1 is 1.57 bits per heavy atom. The number of nitrogens with two attached hydrogens (primary N) is 1. The Morgan fingerprint density at radius 3 is 2.90 bits per heavy atom. The third-order valence-electron chi connectivity index (χ3n) is 3.31. The average molecular weight is 301 g/mol. The number of aliphatic hydroxyl groups is 3. The minimum Gasteiger partial charge on any atom is -0.390 e. The second-order valence-corrected chi connectivity index (χ2v) is 4.66. The Balaban J connectivity index is 2.12. The molecule has 1 fully saturated rings. The van der Waals surface area contributed by atoms with Gasteiger partial charge in [0.1, 0.15) is 18.8 Å². The van der Waals surface area contributed by atoms with Crippen molar-refractivity contribution in [1.29, 1.82) is 0 Å². The number of nitrogens with zero attached hydrogens (tertiary/aromatic N) is 3. The van der Waals surface area contributed by atoms with E-state index in [0.29, 0.717) is 0 Å². The van der Waals surface area contributed by atoms with Crippen LogP contribution < -0.4 is 11.3 Å². The van der Waals surface area contributed by atoms with Gasteiger partial charge in [0, 0.05) is 0 Å². The molecule has 0 aliphatic carbocycles. The smallest absolute Gasteiger partial charge is 0.280 e. The van der Waals surface area contributed by atoms with Gasteiger partial charge >= 0.3 is 0 Å². The zero-order valence-electron chi connectivity index (χ0n) is 10.5. The molecule has 3 heterocycles. The molecule has 0 unspecified atom stereocenters. The minimum absolute atomic E-state index is 0.0466. The quantitative estimate of drug-likeness (QED) is 0.411. The largest absolute Gasteiger partial charge is 0.390 e. The van der Waals surface area contributed by atoms with Crippen molar-refractivity contribution in [3.05, 3.63) is 16.7 Å². The van der Waals surface area contributed by atoms with Crippen LogP contribution in [0.5, 0.6) is 0 Å². The standard InChI is InChI=1S/C10H12FN5O5/c11-10(1-17)5(19)4(18)8(21-10)16-2-13-3-6(16)14-9(12)15-7(3)20/h2,4-5,8,17-19H,1H2,(H3,12,14,15,20)/t4-,5+,8-,10-/m1/s1. The Kier molecular flexibility index (Phi) is 2.95. The SMILES string of the molecule is Nc1nc2c(ncn2[C@@H]2O[C@](F)(CO)[C@@H](O)[C@H]2O)c(=O)[nH]1. The van der Waals surface area contributed by atoms with Gasteiger partial charge in [0.25, 0.3) is 11.4 Å². The Bertz CT molecular complexity index is 747. The maximum Gasteiger partial charge on any atom is 0.280 e. The number of alkyl halides is 1. The highest BCUT2D eigenvalue weighted by Gasteiger charge is 2.56. The van der Waals surface area contributed by atoms with Crippen molar-refractivity contribution in [2.45, 2.75) is 24.3 Å². The molecule has 10 nitrogen and oxygen atoms in total. The number of hydrogen-bond acceptors (Lipinski definition) is 8. The number of rotatable bonds is 2. The van der Waals surface area contributed by atoms with E-state index in [4.69, 9.17) is 15.6 Å². The zero-order valence-corrected chi connectivity index (χ0v) is 10.5. The van der Waals surface area contributed by atoms with E-state index in [1.165, 1.54) is 0 Å². The van der Waals surface area contributed by atoms with Crippen LogP contribution in [0.4, 0.5) is 10.3 Å². The molecule has 3 rings (SSSR count). The number of hydrogen-bond donors (Lipinski definition) is 5. The summed E-state index contributed by atoms with van der Waals surface area (Å²) in [7, 11) is 0. The molecule has 0 radical (unpaired) electrons. The lowest BCUT2D eigenvalue weighted by atomic mass is 10.1. The molecular formula is C10H12FN5O5. The number of anilines is 1. The number of ether oxygens (including phenoxy) is 1. The number of halogens is 1. The number of nitrogens with one attached hydrogen (secondary N) is 1. The first-order valence-electron chi connectivity index (χ1n) is 5.93. The number of aliphatic hydroxyl groups excluding tert-OH is 3. The number of aromatic nitrogens is 4. The predicted octanol–water partition coefficient (Wildman–Crippen LogP) is -2.39. The Morgan fingerprint density at radius 2 is 2.29 bits per heavy atom. The van der Waals surface area contributed by atoms with Crippen LogP contribution >= 0.6 is 0 Å². The van der Waals surface area contributed by atoms with Crippen molar-refractivity contribution < 1.29 is 24.4 Å². The summed E-state index contributed by atoms with van der Waals surface area (Å²) in [6.45, 7) is -1.15. The van der Waals surface area contributed by atoms with Crippen molar-refractivity contribution in [3.8, 4) is 0 Å². The second kappa shape index (κ2) is 4.46. The normalized spacial score (nSPS) is 32.9. The van der Waals surface area contributed by atoms with Crippen molar-refractivity contribution in [3.63, 3.8) is 0 Å². The summed E-state index contributed by atoms with van der Waals surface area (Å²) in [4.78, 5) is 21.5. The Labute approximate surface area is 115 Å². The van der Waals surface area contributed by atoms with Crippen LogP contribution in [-0.2, 0) is 4.74 Å². The summed E-state index contributed by atoms with van der Waals surface area (Å²) < 4.78 is 20.0. The van der Waals surface area contributed by atoms with E-state index in [-0.39, 0.29) is 17.1 Å². The summed E-state index contributed by atoms with van der Waals surface area (Å²) in [5.74, 6) is -3.02. The Hall–Kier alpha value is -2.08. The van der Waals surface area contributed by atoms with Gasteiger partial charge in [0.15, 0.2) is 17.4 Å². The molecular weight excluding hydrogens is 289 g/mol. The van der Waals surface area contributed by atoms with Gasteiger partial charge in [-0.2, -0.15) is 4.98 Å². The van der Waals surface area contributed by atoms with E-state index in [2.05, 4.69) is 15.0 Å². The van der Waals surface area contributed by atoms with E-state index >= 15 is 0 Å². The minimum atomic E-state index is -2.83. The van der Waals surface area contributed by atoms with Gasteiger partial charge in [-0.1, -0.05) is 0 Å². The van der Waals surface area contributed by atoms with Gasteiger partial charge in [-0.15, -0.1) is 0 Å². The lowest BCUT2D eigenvalue weighted by molar-refractivity contribution is -0.206. The average Bonchev–Trinajstić information content (AvgIpc) is 2.95. The van der Waals surface area contributed by atoms with Gasteiger partial charge in [-0.25, -0.2) is 9.37 Å². The van der Waals surface area contributed by atoms with E-state index in [0.717, 1.165) is 10.9 Å². The van der Waals surface area contributed by atoms with Gasteiger partial charge in [-0.05, 0) is 0 Å². The summed E-state index contributed by atoms with van der Waals surface area (Å²) in [6, 6.07) is 0. The van der Waals surface area contributed by atoms with Crippen molar-refractivity contribution in [2.75, 3.05) is 12.3 Å². The number of aromatic amines is 1. The fourth-order valence-electron chi connectivity index (χ4n) is 2.23. The summed E-state index contributed by atoms with van der Waals surface area (Å²) in [6.07, 6.45) is -3.99. The number of fused-ring (bicyclic) bond motifs is 1. The predicted molar refractivity (Wildman–Crippen MR) is 65.6 cm³/mol. The molecule has 1 aliphatic rings. The molecule has 0 aromatic carbocycles. The molecule has 21 heavy (non-hydrogen) atoms. The fraction of sp³-hybridized carbons (Fsp3) is 0.500. The van der Waals surface area contributed by atoms with Crippen LogP contribution in [0, 0.1) is 0 Å². The van der Waals surface area contributed by atoms with Crippen LogP contribution in [-0.4, -0.2) is 59.5 Å². The fourth-order valence-corrected chi connectivity index (χ4v) is 2.23. The summed E-state index contributed by atoms with van der Waals surface area (Å²) in [5.41, 5.74) is 4.67. The van der Waals surface area contributed by atoms with Crippen LogP contribution in [0.25, 0.3) is 11.2 Å². The molecule has 0 spiro atoms. The van der Waals surface area contributed by atoms with Crippen LogP contribution in [0.15, 0.2) is 11.1 Å². The summed E-state index contributed by atoms with van der Waals surface area (Å²) >= 11 is 0. The first-order chi connectivity index (χ1) is 9.87. The number of imidazole rings is 1. The maximum atomic E-state index is 14.1. The van der Waals surface area contributed by atoms with Crippen LogP contribution in [0.3, 0.4) is 0 Å². The topological polar surface area (TPSA) is 160 Å². The highest BCUT2D eigenvalue weighted by atomic mass is 19.2. The molecule has 11 heteroatoms. The molecule has 0 bridgehead atoms. The molecule has 1 aliphatic heterocycles. The number of H-pyrrole nitrogens is 1. The molecule has 2 aromatic rings. The molecule has 0 amide bonds. The third-order valence-corrected chi connectivity index (χ3v) is 3.31.